The Morgan fingerprint density at radius 1 is 1.25 bits per heavy atom. The number of hydrogen-bond acceptors (Lipinski definition) is 5. The summed E-state index contributed by atoms with van der Waals surface area (Å²) < 4.78 is 5.48. The molecule has 7 nitrogen and oxygen atoms in total. The number of nitrogens with zero attached hydrogens (tertiary/aromatic N) is 2. The number of esters is 1. The highest BCUT2D eigenvalue weighted by molar-refractivity contribution is 6.39. The number of ether oxygens (including phenoxy) is 1. The first-order valence-corrected chi connectivity index (χ1v) is 9.94. The Labute approximate surface area is 164 Å². The summed E-state index contributed by atoms with van der Waals surface area (Å²) in [6, 6.07) is 9.70. The van der Waals surface area contributed by atoms with Gasteiger partial charge in [-0.25, -0.2) is 5.43 Å². The van der Waals surface area contributed by atoms with Gasteiger partial charge in [-0.15, -0.1) is 0 Å². The number of fused-ring (bicyclic) bond motifs is 2. The number of benzene rings is 1. The molecule has 4 rings (SSSR count). The van der Waals surface area contributed by atoms with Gasteiger partial charge in [0, 0.05) is 24.9 Å². The van der Waals surface area contributed by atoms with E-state index in [2.05, 4.69) is 10.5 Å². The molecule has 2 fully saturated rings. The summed E-state index contributed by atoms with van der Waals surface area (Å²) in [5, 5.41) is 3.97. The monoisotopic (exact) mass is 383 g/mol. The van der Waals surface area contributed by atoms with Crippen LogP contribution in [-0.2, 0) is 25.5 Å². The Morgan fingerprint density at radius 2 is 2.04 bits per heavy atom. The van der Waals surface area contributed by atoms with Crippen molar-refractivity contribution in [2.45, 2.75) is 57.5 Å². The molecule has 3 aliphatic rings. The molecule has 0 spiro atoms. The molecule has 0 unspecified atom stereocenters. The molecule has 0 radical (unpaired) electrons. The lowest BCUT2D eigenvalue weighted by molar-refractivity contribution is -0.157. The fraction of sp³-hybridized carbons (Fsp3) is 0.524. The van der Waals surface area contributed by atoms with Crippen molar-refractivity contribution in [2.75, 3.05) is 6.61 Å². The normalized spacial score (nSPS) is 28.7. The van der Waals surface area contributed by atoms with E-state index in [4.69, 9.17) is 4.74 Å². The van der Waals surface area contributed by atoms with Crippen LogP contribution in [0.3, 0.4) is 0 Å². The quantitative estimate of drug-likeness (QED) is 0.786. The molecule has 1 N–H and O–H groups in total. The lowest BCUT2D eigenvalue weighted by Crippen LogP contribution is -2.49. The lowest BCUT2D eigenvalue weighted by Gasteiger charge is -2.35. The van der Waals surface area contributed by atoms with Gasteiger partial charge in [0.2, 0.25) is 5.91 Å². The molecule has 148 valence electrons. The number of hydrazone groups is 1. The minimum atomic E-state index is -0.728. The Balaban J connectivity index is 1.64. The second-order valence-corrected chi connectivity index (χ2v) is 7.80. The Bertz CT molecular complexity index is 822. The van der Waals surface area contributed by atoms with Gasteiger partial charge in [0.15, 0.2) is 0 Å². The second-order valence-electron chi connectivity index (χ2n) is 7.80. The van der Waals surface area contributed by atoms with Crippen LogP contribution in [0.5, 0.6) is 0 Å². The molecule has 3 atom stereocenters. The van der Waals surface area contributed by atoms with E-state index in [1.807, 2.05) is 42.2 Å². The zero-order valence-electron chi connectivity index (χ0n) is 16.0. The molecule has 2 bridgehead atoms. The predicted molar refractivity (Wildman–Crippen MR) is 102 cm³/mol. The Morgan fingerprint density at radius 3 is 2.71 bits per heavy atom. The van der Waals surface area contributed by atoms with Crippen LogP contribution < -0.4 is 5.43 Å². The first-order chi connectivity index (χ1) is 13.5. The molecule has 0 saturated carbocycles. The number of carbonyl (C=O) groups excluding carboxylic acids is 3. The number of rotatable bonds is 5. The van der Waals surface area contributed by atoms with E-state index in [9.17, 15) is 14.4 Å². The van der Waals surface area contributed by atoms with E-state index >= 15 is 0 Å². The summed E-state index contributed by atoms with van der Waals surface area (Å²) >= 11 is 0. The van der Waals surface area contributed by atoms with Gasteiger partial charge in [0.05, 0.1) is 12.0 Å². The number of amides is 2. The first-order valence-electron chi connectivity index (χ1n) is 9.94. The van der Waals surface area contributed by atoms with Crippen molar-refractivity contribution in [3.8, 4) is 0 Å². The Hall–Kier alpha value is -2.70. The van der Waals surface area contributed by atoms with Crippen molar-refractivity contribution in [1.82, 2.24) is 10.3 Å². The summed E-state index contributed by atoms with van der Waals surface area (Å²) in [5.41, 5.74) is 3.11. The third kappa shape index (κ3) is 3.08. The highest BCUT2D eigenvalue weighted by atomic mass is 16.5. The van der Waals surface area contributed by atoms with Gasteiger partial charge in [0.1, 0.15) is 5.71 Å². The highest BCUT2D eigenvalue weighted by Gasteiger charge is 2.62. The van der Waals surface area contributed by atoms with Crippen molar-refractivity contribution in [2.24, 2.45) is 10.5 Å². The zero-order valence-corrected chi connectivity index (χ0v) is 16.0. The van der Waals surface area contributed by atoms with Crippen molar-refractivity contribution in [1.29, 1.82) is 0 Å². The van der Waals surface area contributed by atoms with Crippen LogP contribution >= 0.6 is 0 Å². The smallest absolute Gasteiger partial charge is 0.314 e. The van der Waals surface area contributed by atoms with Crippen LogP contribution in [-0.4, -0.2) is 47.1 Å². The van der Waals surface area contributed by atoms with Gasteiger partial charge in [-0.2, -0.15) is 5.10 Å². The fourth-order valence-corrected chi connectivity index (χ4v) is 4.98. The standard InChI is InChI=1S/C21H25N3O4/c1-2-28-20(27)21(12-14-6-4-3-5-7-14)13-15-8-10-17(21)24(15)19(26)16-9-11-18(25)23-22-16/h3-7,15,17H,2,8-13H2,1H3,(H,23,25)/t15-,17+,21+/m1/s1. The third-order valence-electron chi connectivity index (χ3n) is 6.17. The average molecular weight is 383 g/mol. The second kappa shape index (κ2) is 7.37. The van der Waals surface area contributed by atoms with Crippen molar-refractivity contribution >= 4 is 23.5 Å². The minimum absolute atomic E-state index is 0.00551. The molecule has 2 saturated heterocycles. The van der Waals surface area contributed by atoms with Gasteiger partial charge in [0.25, 0.3) is 5.91 Å². The molecular formula is C21H25N3O4. The maximum atomic E-state index is 13.2. The summed E-state index contributed by atoms with van der Waals surface area (Å²) in [7, 11) is 0. The molecule has 1 aromatic carbocycles. The SMILES string of the molecule is CCOC(=O)[C@@]1(Cc2ccccc2)C[C@H]2CC[C@@H]1N2C(=O)C1=NNC(=O)CC1. The van der Waals surface area contributed by atoms with Crippen molar-refractivity contribution < 1.29 is 19.1 Å². The summed E-state index contributed by atoms with van der Waals surface area (Å²) in [5.74, 6) is -0.555. The topological polar surface area (TPSA) is 88.1 Å². The molecular weight excluding hydrogens is 358 g/mol. The molecule has 0 aromatic heterocycles. The van der Waals surface area contributed by atoms with Gasteiger partial charge in [-0.1, -0.05) is 30.3 Å². The molecule has 1 aromatic rings. The van der Waals surface area contributed by atoms with E-state index in [0.29, 0.717) is 31.6 Å². The summed E-state index contributed by atoms with van der Waals surface area (Å²) in [4.78, 5) is 39.5. The van der Waals surface area contributed by atoms with Crippen molar-refractivity contribution in [3.63, 3.8) is 0 Å². The van der Waals surface area contributed by atoms with Gasteiger partial charge in [-0.3, -0.25) is 14.4 Å². The van der Waals surface area contributed by atoms with E-state index in [1.54, 1.807) is 0 Å². The highest BCUT2D eigenvalue weighted by Crippen LogP contribution is 2.52. The minimum Gasteiger partial charge on any atom is -0.465 e. The van der Waals surface area contributed by atoms with Crippen LogP contribution in [0.1, 0.15) is 44.6 Å². The number of nitrogens with one attached hydrogen (secondary N) is 1. The van der Waals surface area contributed by atoms with Crippen LogP contribution in [0.2, 0.25) is 0 Å². The Kier molecular flexibility index (Phi) is 4.91. The van der Waals surface area contributed by atoms with Gasteiger partial charge < -0.3 is 9.64 Å². The van der Waals surface area contributed by atoms with Crippen molar-refractivity contribution in [3.05, 3.63) is 35.9 Å². The number of hydrogen-bond donors (Lipinski definition) is 1. The largest absolute Gasteiger partial charge is 0.465 e. The van der Waals surface area contributed by atoms with Crippen LogP contribution in [0, 0.1) is 5.41 Å². The maximum absolute atomic E-state index is 13.2. The third-order valence-corrected chi connectivity index (χ3v) is 6.17. The summed E-state index contributed by atoms with van der Waals surface area (Å²) in [6.07, 6.45) is 3.43. The van der Waals surface area contributed by atoms with Crippen LogP contribution in [0.4, 0.5) is 0 Å². The predicted octanol–water partition coefficient (Wildman–Crippen LogP) is 1.81. The van der Waals surface area contributed by atoms with E-state index < -0.39 is 5.41 Å². The summed E-state index contributed by atoms with van der Waals surface area (Å²) in [6.45, 7) is 2.13. The van der Waals surface area contributed by atoms with Crippen LogP contribution in [0.25, 0.3) is 0 Å². The molecule has 7 heteroatoms. The fourth-order valence-electron chi connectivity index (χ4n) is 4.98. The maximum Gasteiger partial charge on any atom is 0.314 e. The first kappa shape index (κ1) is 18.7. The van der Waals surface area contributed by atoms with Gasteiger partial charge in [-0.05, 0) is 38.2 Å². The molecule has 3 aliphatic heterocycles. The molecule has 3 heterocycles. The number of carbonyl (C=O) groups is 3. The van der Waals surface area contributed by atoms with E-state index in [0.717, 1.165) is 18.4 Å². The van der Waals surface area contributed by atoms with E-state index in [-0.39, 0.29) is 36.3 Å². The molecule has 2 amide bonds. The van der Waals surface area contributed by atoms with Gasteiger partial charge >= 0.3 is 5.97 Å². The zero-order chi connectivity index (χ0) is 19.7. The average Bonchev–Trinajstić information content (AvgIpc) is 3.25. The molecule has 28 heavy (non-hydrogen) atoms. The lowest BCUT2D eigenvalue weighted by atomic mass is 9.70. The van der Waals surface area contributed by atoms with E-state index in [1.165, 1.54) is 0 Å². The molecule has 0 aliphatic carbocycles. The van der Waals surface area contributed by atoms with Crippen LogP contribution in [0.15, 0.2) is 35.4 Å².